The highest BCUT2D eigenvalue weighted by atomic mass is 14.9. The van der Waals surface area contributed by atoms with E-state index in [-0.39, 0.29) is 0 Å². The predicted molar refractivity (Wildman–Crippen MR) is 77.7 cm³/mol. The topological polar surface area (TPSA) is 12.0 Å². The minimum absolute atomic E-state index is 0.400. The van der Waals surface area contributed by atoms with E-state index in [1.807, 2.05) is 0 Å². The van der Waals surface area contributed by atoms with Crippen molar-refractivity contribution >= 4 is 0 Å². The molecule has 1 heteroatoms. The Labute approximate surface area is 110 Å². The zero-order valence-electron chi connectivity index (χ0n) is 11.1. The van der Waals surface area contributed by atoms with Gasteiger partial charge in [0.1, 0.15) is 0 Å². The van der Waals surface area contributed by atoms with Gasteiger partial charge in [-0.2, -0.15) is 0 Å². The van der Waals surface area contributed by atoms with Crippen LogP contribution in [-0.2, 0) is 0 Å². The standard InChI is InChI=1S/C17H21N/c1-14(16-9-5-3-6-10-16)13-18-15(2)17-11-7-4-8-12-17/h3-12,14-15,18H,13H2,1-2H3/t14?,15-/m0/s1. The molecule has 94 valence electrons. The fraction of sp³-hybridized carbons (Fsp3) is 0.294. The van der Waals surface area contributed by atoms with Gasteiger partial charge in [-0.05, 0) is 24.0 Å². The van der Waals surface area contributed by atoms with E-state index in [9.17, 15) is 0 Å². The molecule has 1 nitrogen and oxygen atoms in total. The molecule has 0 fully saturated rings. The van der Waals surface area contributed by atoms with Gasteiger partial charge >= 0.3 is 0 Å². The fourth-order valence-electron chi connectivity index (χ4n) is 2.11. The summed E-state index contributed by atoms with van der Waals surface area (Å²) in [5.41, 5.74) is 2.74. The Morgan fingerprint density at radius 1 is 0.778 bits per heavy atom. The van der Waals surface area contributed by atoms with Crippen molar-refractivity contribution in [3.05, 3.63) is 71.8 Å². The van der Waals surface area contributed by atoms with E-state index in [4.69, 9.17) is 0 Å². The third-order valence-corrected chi connectivity index (χ3v) is 3.40. The number of benzene rings is 2. The van der Waals surface area contributed by atoms with Crippen molar-refractivity contribution in [1.29, 1.82) is 0 Å². The fourth-order valence-corrected chi connectivity index (χ4v) is 2.11. The molecule has 0 aliphatic rings. The first-order valence-electron chi connectivity index (χ1n) is 6.60. The molecule has 0 amide bonds. The van der Waals surface area contributed by atoms with E-state index in [0.717, 1.165) is 6.54 Å². The van der Waals surface area contributed by atoms with Gasteiger partial charge in [0, 0.05) is 12.6 Å². The Morgan fingerprint density at radius 3 is 1.83 bits per heavy atom. The molecular formula is C17H21N. The van der Waals surface area contributed by atoms with Crippen LogP contribution < -0.4 is 5.32 Å². The largest absolute Gasteiger partial charge is 0.310 e. The predicted octanol–water partition coefficient (Wildman–Crippen LogP) is 4.14. The van der Waals surface area contributed by atoms with Crippen LogP contribution in [0.4, 0.5) is 0 Å². The molecule has 1 unspecified atom stereocenters. The lowest BCUT2D eigenvalue weighted by Gasteiger charge is -2.18. The van der Waals surface area contributed by atoms with Crippen molar-refractivity contribution in [2.45, 2.75) is 25.8 Å². The molecule has 0 aromatic heterocycles. The Morgan fingerprint density at radius 2 is 1.28 bits per heavy atom. The Kier molecular flexibility index (Phi) is 4.54. The van der Waals surface area contributed by atoms with E-state index in [2.05, 4.69) is 79.8 Å². The minimum atomic E-state index is 0.400. The van der Waals surface area contributed by atoms with Gasteiger partial charge in [-0.15, -0.1) is 0 Å². The lowest BCUT2D eigenvalue weighted by molar-refractivity contribution is 0.537. The first-order valence-corrected chi connectivity index (χ1v) is 6.60. The van der Waals surface area contributed by atoms with Gasteiger partial charge in [0.15, 0.2) is 0 Å². The molecular weight excluding hydrogens is 218 g/mol. The van der Waals surface area contributed by atoms with Gasteiger partial charge in [-0.3, -0.25) is 0 Å². The van der Waals surface area contributed by atoms with Gasteiger partial charge < -0.3 is 5.32 Å². The van der Waals surface area contributed by atoms with Crippen molar-refractivity contribution in [2.75, 3.05) is 6.54 Å². The van der Waals surface area contributed by atoms with Crippen molar-refractivity contribution in [3.8, 4) is 0 Å². The number of rotatable bonds is 5. The summed E-state index contributed by atoms with van der Waals surface area (Å²) in [6, 6.07) is 21.6. The second kappa shape index (κ2) is 6.36. The average Bonchev–Trinajstić information content (AvgIpc) is 2.46. The van der Waals surface area contributed by atoms with E-state index >= 15 is 0 Å². The van der Waals surface area contributed by atoms with Gasteiger partial charge in [0.25, 0.3) is 0 Å². The summed E-state index contributed by atoms with van der Waals surface area (Å²) in [6.07, 6.45) is 0. The van der Waals surface area contributed by atoms with Crippen LogP contribution in [0.1, 0.15) is 36.9 Å². The molecule has 0 aliphatic heterocycles. The van der Waals surface area contributed by atoms with Gasteiger partial charge in [-0.25, -0.2) is 0 Å². The Balaban J connectivity index is 1.89. The van der Waals surface area contributed by atoms with Crippen molar-refractivity contribution in [2.24, 2.45) is 0 Å². The summed E-state index contributed by atoms with van der Waals surface area (Å²) in [5.74, 6) is 0.539. The Hall–Kier alpha value is -1.60. The molecule has 0 bridgehead atoms. The maximum atomic E-state index is 3.60. The lowest BCUT2D eigenvalue weighted by Crippen LogP contribution is -2.23. The quantitative estimate of drug-likeness (QED) is 0.827. The molecule has 0 saturated carbocycles. The van der Waals surface area contributed by atoms with Crippen LogP contribution in [0.25, 0.3) is 0 Å². The Bertz CT molecular complexity index is 404. The molecule has 0 heterocycles. The van der Waals surface area contributed by atoms with Crippen LogP contribution in [0.15, 0.2) is 60.7 Å². The molecule has 18 heavy (non-hydrogen) atoms. The van der Waals surface area contributed by atoms with E-state index < -0.39 is 0 Å². The first kappa shape index (κ1) is 12.8. The highest BCUT2D eigenvalue weighted by Crippen LogP contribution is 2.16. The summed E-state index contributed by atoms with van der Waals surface area (Å²) in [4.78, 5) is 0. The molecule has 2 rings (SSSR count). The highest BCUT2D eigenvalue weighted by molar-refractivity contribution is 5.20. The highest BCUT2D eigenvalue weighted by Gasteiger charge is 2.08. The van der Waals surface area contributed by atoms with Crippen LogP contribution in [-0.4, -0.2) is 6.54 Å². The summed E-state index contributed by atoms with van der Waals surface area (Å²) in [6.45, 7) is 5.48. The molecule has 0 radical (unpaired) electrons. The summed E-state index contributed by atoms with van der Waals surface area (Å²) in [7, 11) is 0. The SMILES string of the molecule is CC(CN[C@@H](C)c1ccccc1)c1ccccc1. The lowest BCUT2D eigenvalue weighted by atomic mass is 10.0. The van der Waals surface area contributed by atoms with Crippen LogP contribution in [0.2, 0.25) is 0 Å². The second-order valence-corrected chi connectivity index (χ2v) is 4.85. The summed E-state index contributed by atoms with van der Waals surface area (Å²) < 4.78 is 0. The molecule has 0 saturated heterocycles. The monoisotopic (exact) mass is 239 g/mol. The average molecular weight is 239 g/mol. The van der Waals surface area contributed by atoms with Crippen LogP contribution in [0.5, 0.6) is 0 Å². The van der Waals surface area contributed by atoms with Crippen molar-refractivity contribution < 1.29 is 0 Å². The van der Waals surface area contributed by atoms with Crippen LogP contribution in [0, 0.1) is 0 Å². The van der Waals surface area contributed by atoms with Gasteiger partial charge in [0.05, 0.1) is 0 Å². The molecule has 2 aromatic rings. The van der Waals surface area contributed by atoms with Gasteiger partial charge in [0.2, 0.25) is 0 Å². The van der Waals surface area contributed by atoms with Crippen LogP contribution >= 0.6 is 0 Å². The number of nitrogens with one attached hydrogen (secondary N) is 1. The van der Waals surface area contributed by atoms with E-state index in [1.165, 1.54) is 11.1 Å². The molecule has 0 spiro atoms. The van der Waals surface area contributed by atoms with Gasteiger partial charge in [-0.1, -0.05) is 67.6 Å². The maximum Gasteiger partial charge on any atom is 0.0292 e. The third kappa shape index (κ3) is 3.44. The zero-order valence-corrected chi connectivity index (χ0v) is 11.1. The first-order chi connectivity index (χ1) is 8.77. The molecule has 2 atom stereocenters. The maximum absolute atomic E-state index is 3.60. The molecule has 0 aliphatic carbocycles. The molecule has 2 aromatic carbocycles. The number of hydrogen-bond acceptors (Lipinski definition) is 1. The minimum Gasteiger partial charge on any atom is -0.310 e. The second-order valence-electron chi connectivity index (χ2n) is 4.85. The summed E-state index contributed by atoms with van der Waals surface area (Å²) >= 11 is 0. The smallest absolute Gasteiger partial charge is 0.0292 e. The van der Waals surface area contributed by atoms with E-state index in [0.29, 0.717) is 12.0 Å². The normalized spacial score (nSPS) is 14.1. The molecule has 1 N–H and O–H groups in total. The van der Waals surface area contributed by atoms with Crippen molar-refractivity contribution in [3.63, 3.8) is 0 Å². The van der Waals surface area contributed by atoms with Crippen molar-refractivity contribution in [1.82, 2.24) is 5.32 Å². The van der Waals surface area contributed by atoms with E-state index in [1.54, 1.807) is 0 Å². The zero-order chi connectivity index (χ0) is 12.8. The third-order valence-electron chi connectivity index (χ3n) is 3.40. The van der Waals surface area contributed by atoms with Crippen LogP contribution in [0.3, 0.4) is 0 Å². The number of hydrogen-bond donors (Lipinski definition) is 1. The summed E-state index contributed by atoms with van der Waals surface area (Å²) in [5, 5.41) is 3.60.